The van der Waals surface area contributed by atoms with E-state index in [1.807, 2.05) is 18.2 Å². The van der Waals surface area contributed by atoms with Crippen LogP contribution in [0.3, 0.4) is 0 Å². The molecular formula is C12H14N4O2S. The number of thioether (sulfide) groups is 1. The number of hydrogen-bond acceptors (Lipinski definition) is 6. The number of rotatable bonds is 5. The Hall–Kier alpha value is -2.02. The second-order valence-corrected chi connectivity index (χ2v) is 4.59. The first-order chi connectivity index (χ1) is 9.20. The average Bonchev–Trinajstić information content (AvgIpc) is 2.86. The summed E-state index contributed by atoms with van der Waals surface area (Å²) in [7, 11) is 0. The molecule has 0 aliphatic rings. The summed E-state index contributed by atoms with van der Waals surface area (Å²) >= 11 is 1.22. The number of aromatic amines is 1. The van der Waals surface area contributed by atoms with Gasteiger partial charge in [0.2, 0.25) is 5.16 Å². The zero-order chi connectivity index (χ0) is 13.7. The highest BCUT2D eigenvalue weighted by atomic mass is 32.2. The minimum Gasteiger partial charge on any atom is -0.465 e. The molecule has 0 spiro atoms. The van der Waals surface area contributed by atoms with Crippen LogP contribution in [0.2, 0.25) is 0 Å². The smallest absolute Gasteiger partial charge is 0.316 e. The molecule has 2 rings (SSSR count). The number of aromatic nitrogens is 3. The lowest BCUT2D eigenvalue weighted by molar-refractivity contribution is -0.139. The van der Waals surface area contributed by atoms with E-state index in [1.165, 1.54) is 11.8 Å². The van der Waals surface area contributed by atoms with E-state index in [9.17, 15) is 4.79 Å². The first-order valence-electron chi connectivity index (χ1n) is 5.76. The van der Waals surface area contributed by atoms with Crippen LogP contribution in [0.1, 0.15) is 6.92 Å². The van der Waals surface area contributed by atoms with Crippen LogP contribution >= 0.6 is 11.8 Å². The number of ether oxygens (including phenoxy) is 1. The van der Waals surface area contributed by atoms with E-state index in [4.69, 9.17) is 10.5 Å². The number of hydrogen-bond donors (Lipinski definition) is 2. The third kappa shape index (κ3) is 3.47. The fraction of sp³-hybridized carbons (Fsp3) is 0.250. The van der Waals surface area contributed by atoms with Crippen molar-refractivity contribution in [2.24, 2.45) is 0 Å². The van der Waals surface area contributed by atoms with Gasteiger partial charge < -0.3 is 10.5 Å². The number of nitrogens with two attached hydrogens (primary N) is 1. The van der Waals surface area contributed by atoms with Crippen molar-refractivity contribution in [1.29, 1.82) is 0 Å². The van der Waals surface area contributed by atoms with Crippen molar-refractivity contribution in [3.63, 3.8) is 0 Å². The molecule has 0 amide bonds. The van der Waals surface area contributed by atoms with Gasteiger partial charge in [0.25, 0.3) is 0 Å². The third-order valence-corrected chi connectivity index (χ3v) is 3.13. The molecule has 1 aromatic heterocycles. The normalized spacial score (nSPS) is 10.4. The monoisotopic (exact) mass is 278 g/mol. The van der Waals surface area contributed by atoms with Crippen LogP contribution in [0.25, 0.3) is 11.4 Å². The summed E-state index contributed by atoms with van der Waals surface area (Å²) in [6, 6.07) is 7.38. The summed E-state index contributed by atoms with van der Waals surface area (Å²) in [5, 5.41) is 7.33. The van der Waals surface area contributed by atoms with Gasteiger partial charge in [0, 0.05) is 11.3 Å². The first kappa shape index (κ1) is 13.4. The highest BCUT2D eigenvalue weighted by Crippen LogP contribution is 2.23. The van der Waals surface area contributed by atoms with E-state index in [0.29, 0.717) is 23.3 Å². The summed E-state index contributed by atoms with van der Waals surface area (Å²) in [6.07, 6.45) is 0. The lowest BCUT2D eigenvalue weighted by Gasteiger charge is -2.00. The largest absolute Gasteiger partial charge is 0.465 e. The standard InChI is InChI=1S/C12H14N4O2S/c1-2-18-10(17)7-19-12-14-11(15-16-12)8-5-3-4-6-9(8)13/h3-6H,2,7,13H2,1H3,(H,14,15,16). The van der Waals surface area contributed by atoms with Crippen molar-refractivity contribution in [2.45, 2.75) is 12.1 Å². The van der Waals surface area contributed by atoms with E-state index in [-0.39, 0.29) is 11.7 Å². The van der Waals surface area contributed by atoms with Crippen LogP contribution in [-0.2, 0) is 9.53 Å². The average molecular weight is 278 g/mol. The Bertz CT molecular complexity index is 570. The molecule has 0 aliphatic heterocycles. The lowest BCUT2D eigenvalue weighted by Crippen LogP contribution is -2.06. The Morgan fingerprint density at radius 1 is 1.47 bits per heavy atom. The molecule has 19 heavy (non-hydrogen) atoms. The zero-order valence-corrected chi connectivity index (χ0v) is 11.2. The molecular weight excluding hydrogens is 264 g/mol. The van der Waals surface area contributed by atoms with Gasteiger partial charge in [-0.2, -0.15) is 0 Å². The number of anilines is 1. The number of nitrogens with one attached hydrogen (secondary N) is 1. The van der Waals surface area contributed by atoms with Gasteiger partial charge in [-0.3, -0.25) is 9.89 Å². The van der Waals surface area contributed by atoms with Crippen LogP contribution in [0, 0.1) is 0 Å². The molecule has 0 aliphatic carbocycles. The van der Waals surface area contributed by atoms with Crippen molar-refractivity contribution in [1.82, 2.24) is 15.2 Å². The molecule has 0 radical (unpaired) electrons. The van der Waals surface area contributed by atoms with Crippen LogP contribution in [-0.4, -0.2) is 33.5 Å². The quantitative estimate of drug-likeness (QED) is 0.491. The van der Waals surface area contributed by atoms with E-state index < -0.39 is 0 Å². The Morgan fingerprint density at radius 3 is 3.00 bits per heavy atom. The summed E-state index contributed by atoms with van der Waals surface area (Å²) in [6.45, 7) is 2.14. The van der Waals surface area contributed by atoms with Crippen molar-refractivity contribution in [3.8, 4) is 11.4 Å². The Morgan fingerprint density at radius 2 is 2.26 bits per heavy atom. The van der Waals surface area contributed by atoms with E-state index >= 15 is 0 Å². The maximum atomic E-state index is 11.2. The Labute approximate surface area is 114 Å². The van der Waals surface area contributed by atoms with Crippen LogP contribution < -0.4 is 5.73 Å². The molecule has 0 fully saturated rings. The zero-order valence-electron chi connectivity index (χ0n) is 10.4. The van der Waals surface area contributed by atoms with Crippen molar-refractivity contribution in [3.05, 3.63) is 24.3 Å². The van der Waals surface area contributed by atoms with Gasteiger partial charge >= 0.3 is 5.97 Å². The second-order valence-electron chi connectivity index (χ2n) is 3.65. The van der Waals surface area contributed by atoms with E-state index in [1.54, 1.807) is 13.0 Å². The van der Waals surface area contributed by atoms with Gasteiger partial charge in [-0.15, -0.1) is 5.10 Å². The predicted octanol–water partition coefficient (Wildman–Crippen LogP) is 1.71. The van der Waals surface area contributed by atoms with Crippen molar-refractivity contribution < 1.29 is 9.53 Å². The number of carbonyl (C=O) groups is 1. The molecule has 100 valence electrons. The summed E-state index contributed by atoms with van der Waals surface area (Å²) in [5.74, 6) is 0.498. The van der Waals surface area contributed by atoms with Gasteiger partial charge in [0.05, 0.1) is 12.4 Å². The highest BCUT2D eigenvalue weighted by Gasteiger charge is 2.10. The van der Waals surface area contributed by atoms with Gasteiger partial charge in [0.15, 0.2) is 5.82 Å². The number of carbonyl (C=O) groups excluding carboxylic acids is 1. The number of esters is 1. The fourth-order valence-corrected chi connectivity index (χ4v) is 2.07. The molecule has 0 unspecified atom stereocenters. The highest BCUT2D eigenvalue weighted by molar-refractivity contribution is 7.99. The number of H-pyrrole nitrogens is 1. The predicted molar refractivity (Wildman–Crippen MR) is 73.6 cm³/mol. The maximum Gasteiger partial charge on any atom is 0.316 e. The molecule has 1 heterocycles. The third-order valence-electron chi connectivity index (χ3n) is 2.31. The number of nitrogens with zero attached hydrogens (tertiary/aromatic N) is 2. The summed E-state index contributed by atoms with van der Waals surface area (Å²) < 4.78 is 4.83. The lowest BCUT2D eigenvalue weighted by atomic mass is 10.2. The Kier molecular flexibility index (Phi) is 4.40. The second kappa shape index (κ2) is 6.24. The molecule has 3 N–H and O–H groups in total. The molecule has 6 nitrogen and oxygen atoms in total. The molecule has 0 bridgehead atoms. The van der Waals surface area contributed by atoms with E-state index in [0.717, 1.165) is 5.56 Å². The first-order valence-corrected chi connectivity index (χ1v) is 6.75. The molecule has 0 atom stereocenters. The SMILES string of the molecule is CCOC(=O)CSc1n[nH]c(-c2ccccc2N)n1. The molecule has 0 saturated heterocycles. The van der Waals surface area contributed by atoms with Gasteiger partial charge in [-0.25, -0.2) is 4.98 Å². The van der Waals surface area contributed by atoms with Crippen LogP contribution in [0.4, 0.5) is 5.69 Å². The van der Waals surface area contributed by atoms with Crippen molar-refractivity contribution >= 4 is 23.4 Å². The Balaban J connectivity index is 2.04. The minimum atomic E-state index is -0.280. The minimum absolute atomic E-state index is 0.190. The summed E-state index contributed by atoms with van der Waals surface area (Å²) in [5.41, 5.74) is 7.27. The topological polar surface area (TPSA) is 93.9 Å². The van der Waals surface area contributed by atoms with Crippen molar-refractivity contribution in [2.75, 3.05) is 18.1 Å². The van der Waals surface area contributed by atoms with Gasteiger partial charge in [-0.1, -0.05) is 23.9 Å². The van der Waals surface area contributed by atoms with Gasteiger partial charge in [0.1, 0.15) is 0 Å². The molecule has 0 saturated carbocycles. The number of nitrogen functional groups attached to an aromatic ring is 1. The number of para-hydroxylation sites is 1. The molecule has 7 heteroatoms. The molecule has 1 aromatic carbocycles. The van der Waals surface area contributed by atoms with E-state index in [2.05, 4.69) is 15.2 Å². The fourth-order valence-electron chi connectivity index (χ4n) is 1.47. The van der Waals surface area contributed by atoms with Gasteiger partial charge in [-0.05, 0) is 19.1 Å². The number of benzene rings is 1. The van der Waals surface area contributed by atoms with Crippen LogP contribution in [0.15, 0.2) is 29.4 Å². The maximum absolute atomic E-state index is 11.2. The van der Waals surface area contributed by atoms with Crippen LogP contribution in [0.5, 0.6) is 0 Å². The summed E-state index contributed by atoms with van der Waals surface area (Å²) in [4.78, 5) is 15.5. The molecule has 2 aromatic rings.